The van der Waals surface area contributed by atoms with Crippen molar-refractivity contribution in [2.24, 2.45) is 0 Å². The first-order valence-corrected chi connectivity index (χ1v) is 10.8. The van der Waals surface area contributed by atoms with Crippen LogP contribution in [0.15, 0.2) is 59.0 Å². The smallest absolute Gasteiger partial charge is 0.262 e. The fourth-order valence-corrected chi connectivity index (χ4v) is 4.44. The van der Waals surface area contributed by atoms with Crippen LogP contribution in [0.2, 0.25) is 0 Å². The number of nitrogens with zero attached hydrogens (tertiary/aromatic N) is 2. The van der Waals surface area contributed by atoms with E-state index in [0.29, 0.717) is 25.0 Å². The molecule has 0 atom stereocenters. The molecular formula is C24H24N2O3S. The Morgan fingerprint density at radius 1 is 1.03 bits per heavy atom. The minimum atomic E-state index is 0.000623. The summed E-state index contributed by atoms with van der Waals surface area (Å²) < 4.78 is 12.6. The molecule has 0 radical (unpaired) electrons. The molecule has 0 aliphatic heterocycles. The summed E-state index contributed by atoms with van der Waals surface area (Å²) in [5.74, 6) is 1.58. The average Bonchev–Trinajstić information content (AvgIpc) is 3.18. The molecule has 2 aromatic carbocycles. The van der Waals surface area contributed by atoms with E-state index in [4.69, 9.17) is 9.47 Å². The summed E-state index contributed by atoms with van der Waals surface area (Å²) in [5.41, 5.74) is 4.43. The predicted molar refractivity (Wildman–Crippen MR) is 122 cm³/mol. The van der Waals surface area contributed by atoms with Gasteiger partial charge in [-0.3, -0.25) is 9.36 Å². The molecule has 4 rings (SSSR count). The lowest BCUT2D eigenvalue weighted by Crippen LogP contribution is -2.21. The largest absolute Gasteiger partial charge is 0.497 e. The maximum Gasteiger partial charge on any atom is 0.262 e. The Morgan fingerprint density at radius 2 is 1.80 bits per heavy atom. The van der Waals surface area contributed by atoms with Crippen molar-refractivity contribution >= 4 is 21.6 Å². The molecule has 0 N–H and O–H groups in total. The molecule has 0 saturated carbocycles. The Bertz CT molecular complexity index is 1230. The molecule has 0 aliphatic rings. The zero-order valence-corrected chi connectivity index (χ0v) is 18.2. The molecule has 0 fully saturated rings. The van der Waals surface area contributed by atoms with E-state index in [1.807, 2.05) is 29.6 Å². The van der Waals surface area contributed by atoms with Crippen LogP contribution < -0.4 is 15.0 Å². The second-order valence-electron chi connectivity index (χ2n) is 7.27. The van der Waals surface area contributed by atoms with Crippen LogP contribution in [0.3, 0.4) is 0 Å². The van der Waals surface area contributed by atoms with E-state index in [-0.39, 0.29) is 5.56 Å². The van der Waals surface area contributed by atoms with Crippen molar-refractivity contribution in [1.29, 1.82) is 0 Å². The van der Waals surface area contributed by atoms with Crippen LogP contribution in [0, 0.1) is 13.8 Å². The average molecular weight is 421 g/mol. The first kappa shape index (κ1) is 20.2. The number of fused-ring (bicyclic) bond motifs is 1. The summed E-state index contributed by atoms with van der Waals surface area (Å²) in [6.45, 7) is 5.23. The molecule has 6 heteroatoms. The number of benzene rings is 2. The van der Waals surface area contributed by atoms with E-state index in [9.17, 15) is 4.79 Å². The number of aryl methyl sites for hydroxylation is 3. The van der Waals surface area contributed by atoms with Gasteiger partial charge in [0.25, 0.3) is 5.56 Å². The second-order valence-corrected chi connectivity index (χ2v) is 8.13. The third kappa shape index (κ3) is 4.09. The highest BCUT2D eigenvalue weighted by molar-refractivity contribution is 7.17. The molecular weight excluding hydrogens is 396 g/mol. The summed E-state index contributed by atoms with van der Waals surface area (Å²) in [7, 11) is 1.64. The molecule has 4 aromatic rings. The van der Waals surface area contributed by atoms with E-state index < -0.39 is 0 Å². The SMILES string of the molecule is COc1ccc(OCCCn2cnc3scc(-c4ccc(C)cc4C)c3c2=O)cc1. The monoisotopic (exact) mass is 420 g/mol. The fraction of sp³-hybridized carbons (Fsp3) is 0.250. The van der Waals surface area contributed by atoms with Crippen molar-refractivity contribution in [3.05, 3.63) is 75.7 Å². The van der Waals surface area contributed by atoms with Gasteiger partial charge in [-0.2, -0.15) is 0 Å². The van der Waals surface area contributed by atoms with Crippen LogP contribution >= 0.6 is 11.3 Å². The van der Waals surface area contributed by atoms with Gasteiger partial charge in [0, 0.05) is 17.5 Å². The van der Waals surface area contributed by atoms with Gasteiger partial charge in [0.15, 0.2) is 0 Å². The van der Waals surface area contributed by atoms with Gasteiger partial charge in [0.1, 0.15) is 16.3 Å². The quantitative estimate of drug-likeness (QED) is 0.385. The lowest BCUT2D eigenvalue weighted by atomic mass is 9.99. The minimum absolute atomic E-state index is 0.000623. The van der Waals surface area contributed by atoms with E-state index in [1.165, 1.54) is 16.9 Å². The van der Waals surface area contributed by atoms with Crippen LogP contribution in [0.25, 0.3) is 21.3 Å². The van der Waals surface area contributed by atoms with Crippen molar-refractivity contribution < 1.29 is 9.47 Å². The molecule has 154 valence electrons. The summed E-state index contributed by atoms with van der Waals surface area (Å²) in [4.78, 5) is 18.5. The van der Waals surface area contributed by atoms with Gasteiger partial charge >= 0.3 is 0 Å². The number of hydrogen-bond acceptors (Lipinski definition) is 5. The van der Waals surface area contributed by atoms with Gasteiger partial charge in [-0.1, -0.05) is 23.8 Å². The summed E-state index contributed by atoms with van der Waals surface area (Å²) in [6.07, 6.45) is 2.35. The van der Waals surface area contributed by atoms with E-state index in [1.54, 1.807) is 18.0 Å². The van der Waals surface area contributed by atoms with E-state index in [2.05, 4.69) is 37.0 Å². The number of thiophene rings is 1. The van der Waals surface area contributed by atoms with Crippen LogP contribution in [0.5, 0.6) is 11.5 Å². The normalized spacial score (nSPS) is 11.0. The van der Waals surface area contributed by atoms with Gasteiger partial charge < -0.3 is 9.47 Å². The number of rotatable bonds is 7. The van der Waals surface area contributed by atoms with Gasteiger partial charge in [0.2, 0.25) is 0 Å². The predicted octanol–water partition coefficient (Wildman–Crippen LogP) is 5.22. The van der Waals surface area contributed by atoms with Crippen LogP contribution in [0.4, 0.5) is 0 Å². The molecule has 0 bridgehead atoms. The zero-order valence-electron chi connectivity index (χ0n) is 17.3. The first-order valence-electron chi connectivity index (χ1n) is 9.88. The molecule has 0 amide bonds. The first-order chi connectivity index (χ1) is 14.6. The van der Waals surface area contributed by atoms with Crippen LogP contribution in [0.1, 0.15) is 17.5 Å². The third-order valence-electron chi connectivity index (χ3n) is 5.10. The number of hydrogen-bond donors (Lipinski definition) is 0. The molecule has 30 heavy (non-hydrogen) atoms. The van der Waals surface area contributed by atoms with E-state index in [0.717, 1.165) is 33.0 Å². The van der Waals surface area contributed by atoms with Crippen LogP contribution in [-0.4, -0.2) is 23.3 Å². The highest BCUT2D eigenvalue weighted by Gasteiger charge is 2.14. The highest BCUT2D eigenvalue weighted by atomic mass is 32.1. The van der Waals surface area contributed by atoms with Crippen molar-refractivity contribution in [3.8, 4) is 22.6 Å². The Morgan fingerprint density at radius 3 is 2.53 bits per heavy atom. The van der Waals surface area contributed by atoms with E-state index >= 15 is 0 Å². The van der Waals surface area contributed by atoms with Gasteiger partial charge in [0.05, 0.1) is 25.4 Å². The molecule has 0 spiro atoms. The Labute approximate surface area is 179 Å². The van der Waals surface area contributed by atoms with Crippen molar-refractivity contribution in [1.82, 2.24) is 9.55 Å². The van der Waals surface area contributed by atoms with Gasteiger partial charge in [-0.15, -0.1) is 11.3 Å². The standard InChI is InChI=1S/C24H24N2O3S/c1-16-5-10-20(17(2)13-16)21-14-30-23-22(21)24(27)26(15-25-23)11-4-12-29-19-8-6-18(28-3)7-9-19/h5-10,13-15H,4,11-12H2,1-3H3. The maximum absolute atomic E-state index is 13.2. The minimum Gasteiger partial charge on any atom is -0.497 e. The molecule has 0 saturated heterocycles. The lowest BCUT2D eigenvalue weighted by Gasteiger charge is -2.09. The highest BCUT2D eigenvalue weighted by Crippen LogP contribution is 2.33. The Kier molecular flexibility index (Phi) is 5.86. The summed E-state index contributed by atoms with van der Waals surface area (Å²) >= 11 is 1.51. The summed E-state index contributed by atoms with van der Waals surface area (Å²) in [6, 6.07) is 13.8. The topological polar surface area (TPSA) is 53.4 Å². The molecule has 2 heterocycles. The fourth-order valence-electron chi connectivity index (χ4n) is 3.54. The number of aromatic nitrogens is 2. The maximum atomic E-state index is 13.2. The number of ether oxygens (including phenoxy) is 2. The molecule has 5 nitrogen and oxygen atoms in total. The third-order valence-corrected chi connectivity index (χ3v) is 5.99. The zero-order chi connectivity index (χ0) is 21.1. The van der Waals surface area contributed by atoms with Crippen LogP contribution in [-0.2, 0) is 6.54 Å². The van der Waals surface area contributed by atoms with Crippen molar-refractivity contribution in [2.75, 3.05) is 13.7 Å². The Hall–Kier alpha value is -3.12. The summed E-state index contributed by atoms with van der Waals surface area (Å²) in [5, 5.41) is 2.74. The van der Waals surface area contributed by atoms with Gasteiger partial charge in [-0.05, 0) is 55.7 Å². The second kappa shape index (κ2) is 8.71. The lowest BCUT2D eigenvalue weighted by molar-refractivity contribution is 0.300. The molecule has 0 aliphatic carbocycles. The molecule has 0 unspecified atom stereocenters. The van der Waals surface area contributed by atoms with Crippen molar-refractivity contribution in [2.45, 2.75) is 26.8 Å². The van der Waals surface area contributed by atoms with Gasteiger partial charge in [-0.25, -0.2) is 4.98 Å². The molecule has 2 aromatic heterocycles. The Balaban J connectivity index is 1.51. The number of methoxy groups -OCH3 is 1. The van der Waals surface area contributed by atoms with Crippen molar-refractivity contribution in [3.63, 3.8) is 0 Å².